The number of hydrogen-bond acceptors (Lipinski definition) is 4. The summed E-state index contributed by atoms with van der Waals surface area (Å²) < 4.78 is 32.8. The van der Waals surface area contributed by atoms with Gasteiger partial charge in [-0.3, -0.25) is 0 Å². The zero-order chi connectivity index (χ0) is 21.1. The largest absolute Gasteiger partial charge is 0.494 e. The van der Waals surface area contributed by atoms with Gasteiger partial charge in [-0.25, -0.2) is 18.1 Å². The Bertz CT molecular complexity index is 906. The highest BCUT2D eigenvalue weighted by atomic mass is 127. The van der Waals surface area contributed by atoms with Crippen LogP contribution >= 0.6 is 24.0 Å². The minimum Gasteiger partial charge on any atom is -0.494 e. The number of hydrogen-bond donors (Lipinski definition) is 3. The second-order valence-electron chi connectivity index (χ2n) is 6.38. The van der Waals surface area contributed by atoms with Crippen LogP contribution in [-0.4, -0.2) is 40.6 Å². The molecule has 0 fully saturated rings. The summed E-state index contributed by atoms with van der Waals surface area (Å²) in [6, 6.07) is 14.4. The van der Waals surface area contributed by atoms with E-state index in [9.17, 15) is 8.42 Å². The summed E-state index contributed by atoms with van der Waals surface area (Å²) in [7, 11) is -3.51. The van der Waals surface area contributed by atoms with Crippen LogP contribution in [0.2, 0.25) is 0 Å². The van der Waals surface area contributed by atoms with Crippen LogP contribution in [0.5, 0.6) is 5.75 Å². The highest BCUT2D eigenvalue weighted by molar-refractivity contribution is 14.0. The molecule has 0 bridgehead atoms. The molecule has 2 rings (SSSR count). The van der Waals surface area contributed by atoms with Crippen LogP contribution in [0.1, 0.15) is 25.0 Å². The molecule has 0 aliphatic heterocycles. The molecule has 3 N–H and O–H groups in total. The van der Waals surface area contributed by atoms with E-state index in [-0.39, 0.29) is 35.4 Å². The number of nitrogens with one attached hydrogen (secondary N) is 3. The third kappa shape index (κ3) is 8.49. The quantitative estimate of drug-likeness (QED) is 0.185. The van der Waals surface area contributed by atoms with Gasteiger partial charge in [0.15, 0.2) is 5.96 Å². The molecule has 0 aromatic heterocycles. The number of ether oxygens (including phenoxy) is 1. The molecule has 0 unspecified atom stereocenters. The molecule has 7 nitrogen and oxygen atoms in total. The first kappa shape index (κ1) is 26.2. The van der Waals surface area contributed by atoms with Gasteiger partial charge in [-0.05, 0) is 44.5 Å². The van der Waals surface area contributed by atoms with Crippen LogP contribution < -0.4 is 20.1 Å². The zero-order valence-corrected chi connectivity index (χ0v) is 20.8. The summed E-state index contributed by atoms with van der Waals surface area (Å²) >= 11 is 0. The molecule has 0 spiro atoms. The Hall–Kier alpha value is -1.85. The average molecular weight is 546 g/mol. The fraction of sp³-hybridized carbons (Fsp3) is 0.381. The molecule has 0 saturated carbocycles. The first-order chi connectivity index (χ1) is 14.0. The fourth-order valence-corrected chi connectivity index (χ4v) is 3.69. The Kier molecular flexibility index (Phi) is 11.7. The van der Waals surface area contributed by atoms with Gasteiger partial charge in [0.1, 0.15) is 5.75 Å². The number of guanidine groups is 1. The van der Waals surface area contributed by atoms with Gasteiger partial charge >= 0.3 is 0 Å². The Morgan fingerprint density at radius 1 is 1.03 bits per heavy atom. The van der Waals surface area contributed by atoms with Crippen LogP contribution in [-0.2, 0) is 16.6 Å². The summed E-state index contributed by atoms with van der Waals surface area (Å²) in [6.07, 6.45) is 0. The van der Waals surface area contributed by atoms with Crippen molar-refractivity contribution in [2.75, 3.05) is 26.2 Å². The molecular weight excluding hydrogens is 515 g/mol. The maximum Gasteiger partial charge on any atom is 0.240 e. The van der Waals surface area contributed by atoms with Gasteiger partial charge in [-0.1, -0.05) is 30.3 Å². The van der Waals surface area contributed by atoms with E-state index in [2.05, 4.69) is 20.3 Å². The topological polar surface area (TPSA) is 91.8 Å². The summed E-state index contributed by atoms with van der Waals surface area (Å²) in [5.74, 6) is 1.46. The van der Waals surface area contributed by atoms with Gasteiger partial charge in [0.25, 0.3) is 0 Å². The molecule has 0 radical (unpaired) electrons. The van der Waals surface area contributed by atoms with Crippen LogP contribution in [0, 0.1) is 6.92 Å². The van der Waals surface area contributed by atoms with Crippen molar-refractivity contribution in [3.63, 3.8) is 0 Å². The van der Waals surface area contributed by atoms with Crippen molar-refractivity contribution in [1.82, 2.24) is 15.4 Å². The smallest absolute Gasteiger partial charge is 0.240 e. The maximum atomic E-state index is 12.2. The van der Waals surface area contributed by atoms with Gasteiger partial charge < -0.3 is 15.4 Å². The van der Waals surface area contributed by atoms with Crippen LogP contribution in [0.15, 0.2) is 58.4 Å². The molecular formula is C21H31IN4O3S. The average Bonchev–Trinajstić information content (AvgIpc) is 2.71. The summed E-state index contributed by atoms with van der Waals surface area (Å²) in [4.78, 5) is 4.84. The minimum atomic E-state index is -3.51. The van der Waals surface area contributed by atoms with E-state index in [0.29, 0.717) is 32.2 Å². The van der Waals surface area contributed by atoms with E-state index >= 15 is 0 Å². The molecule has 0 atom stereocenters. The normalized spacial score (nSPS) is 11.5. The molecule has 0 aliphatic rings. The summed E-state index contributed by atoms with van der Waals surface area (Å²) in [5, 5.41) is 6.31. The predicted octanol–water partition coefficient (Wildman–Crippen LogP) is 3.05. The molecule has 2 aromatic rings. The molecule has 0 amide bonds. The lowest BCUT2D eigenvalue weighted by molar-refractivity contribution is 0.336. The van der Waals surface area contributed by atoms with E-state index in [0.717, 1.165) is 16.9 Å². The zero-order valence-electron chi connectivity index (χ0n) is 17.6. The number of nitrogens with zero attached hydrogens (tertiary/aromatic N) is 1. The third-order valence-corrected chi connectivity index (χ3v) is 5.51. The van der Waals surface area contributed by atoms with Crippen molar-refractivity contribution in [3.8, 4) is 5.75 Å². The second kappa shape index (κ2) is 13.5. The van der Waals surface area contributed by atoms with Gasteiger partial charge in [0, 0.05) is 25.2 Å². The van der Waals surface area contributed by atoms with Crippen molar-refractivity contribution in [2.45, 2.75) is 32.2 Å². The van der Waals surface area contributed by atoms with Crippen LogP contribution in [0.4, 0.5) is 0 Å². The molecule has 0 saturated heterocycles. The number of aliphatic imine (C=N–C) groups is 1. The second-order valence-corrected chi connectivity index (χ2v) is 8.14. The Morgan fingerprint density at radius 2 is 1.77 bits per heavy atom. The van der Waals surface area contributed by atoms with E-state index in [1.165, 1.54) is 0 Å². The predicted molar refractivity (Wildman–Crippen MR) is 132 cm³/mol. The number of aryl methyl sites for hydroxylation is 1. The van der Waals surface area contributed by atoms with E-state index in [1.54, 1.807) is 30.3 Å². The summed E-state index contributed by atoms with van der Waals surface area (Å²) in [5.41, 5.74) is 2.14. The molecule has 30 heavy (non-hydrogen) atoms. The lowest BCUT2D eigenvalue weighted by Gasteiger charge is -2.13. The molecule has 166 valence electrons. The SMILES string of the molecule is CCNC(=NCc1ccc(C)cc1OCC)NCCNS(=O)(=O)c1ccccc1.I. The Morgan fingerprint density at radius 3 is 2.43 bits per heavy atom. The lowest BCUT2D eigenvalue weighted by Crippen LogP contribution is -2.41. The van der Waals surface area contributed by atoms with Crippen LogP contribution in [0.25, 0.3) is 0 Å². The summed E-state index contributed by atoms with van der Waals surface area (Å²) in [6.45, 7) is 8.37. The maximum absolute atomic E-state index is 12.2. The van der Waals surface area contributed by atoms with Crippen LogP contribution in [0.3, 0.4) is 0 Å². The number of halogens is 1. The van der Waals surface area contributed by atoms with Gasteiger partial charge in [-0.2, -0.15) is 0 Å². The van der Waals surface area contributed by atoms with Crippen molar-refractivity contribution in [3.05, 3.63) is 59.7 Å². The molecule has 2 aromatic carbocycles. The van der Waals surface area contributed by atoms with Crippen molar-refractivity contribution < 1.29 is 13.2 Å². The highest BCUT2D eigenvalue weighted by Gasteiger charge is 2.12. The fourth-order valence-electron chi connectivity index (χ4n) is 2.64. The third-order valence-electron chi connectivity index (χ3n) is 4.04. The molecule has 0 heterocycles. The Labute approximate surface area is 196 Å². The monoisotopic (exact) mass is 546 g/mol. The highest BCUT2D eigenvalue weighted by Crippen LogP contribution is 2.21. The standard InChI is InChI=1S/C21H30N4O3S.HI/c1-4-22-21(24-16-18-12-11-17(3)15-20(18)28-5-2)23-13-14-25-29(26,27)19-9-7-6-8-10-19;/h6-12,15,25H,4-5,13-14,16H2,1-3H3,(H2,22,23,24);1H. The number of rotatable bonds is 10. The van der Waals surface area contributed by atoms with Crippen molar-refractivity contribution in [2.24, 2.45) is 4.99 Å². The first-order valence-electron chi connectivity index (χ1n) is 9.75. The number of sulfonamides is 1. The van der Waals surface area contributed by atoms with E-state index in [1.807, 2.05) is 39.0 Å². The Balaban J connectivity index is 0.00000450. The molecule has 0 aliphatic carbocycles. The van der Waals surface area contributed by atoms with Gasteiger partial charge in [-0.15, -0.1) is 24.0 Å². The van der Waals surface area contributed by atoms with Gasteiger partial charge in [0.2, 0.25) is 10.0 Å². The molecule has 9 heteroatoms. The van der Waals surface area contributed by atoms with Crippen molar-refractivity contribution in [1.29, 1.82) is 0 Å². The van der Waals surface area contributed by atoms with Gasteiger partial charge in [0.05, 0.1) is 18.0 Å². The lowest BCUT2D eigenvalue weighted by atomic mass is 10.1. The van der Waals surface area contributed by atoms with Crippen molar-refractivity contribution >= 4 is 40.0 Å². The minimum absolute atomic E-state index is 0. The van der Waals surface area contributed by atoms with E-state index in [4.69, 9.17) is 4.74 Å². The first-order valence-corrected chi connectivity index (χ1v) is 11.2. The van der Waals surface area contributed by atoms with E-state index < -0.39 is 10.0 Å². The number of benzene rings is 2.